The Hall–Kier alpha value is -5.56. The van der Waals surface area contributed by atoms with Crippen molar-refractivity contribution >= 4 is 29.3 Å². The van der Waals surface area contributed by atoms with Crippen molar-refractivity contribution in [2.75, 3.05) is 26.6 Å². The third-order valence-electron chi connectivity index (χ3n) is 7.67. The Kier molecular flexibility index (Phi) is 10.1. The Morgan fingerprint density at radius 3 is 2.25 bits per heavy atom. The third-order valence-corrected chi connectivity index (χ3v) is 8.59. The van der Waals surface area contributed by atoms with E-state index in [0.29, 0.717) is 24.0 Å². The molecule has 13 heteroatoms. The number of methoxy groups -OCH3 is 2. The smallest absolute Gasteiger partial charge is 0.287 e. The summed E-state index contributed by atoms with van der Waals surface area (Å²) in [5, 5.41) is 18.4. The lowest BCUT2D eigenvalue weighted by atomic mass is 9.98. The van der Waals surface area contributed by atoms with Crippen molar-refractivity contribution < 1.29 is 28.2 Å². The molecule has 0 spiro atoms. The number of thioether (sulfide) groups is 1. The normalized spacial score (nSPS) is 14.0. The summed E-state index contributed by atoms with van der Waals surface area (Å²) in [5.74, 6) is 2.32. The third kappa shape index (κ3) is 7.20. The van der Waals surface area contributed by atoms with Gasteiger partial charge in [0.15, 0.2) is 16.7 Å². The number of hydrazone groups is 1. The quantitative estimate of drug-likeness (QED) is 0.158. The molecule has 1 N–H and O–H groups in total. The van der Waals surface area contributed by atoms with Crippen molar-refractivity contribution in [2.24, 2.45) is 5.10 Å². The van der Waals surface area contributed by atoms with Crippen molar-refractivity contribution in [3.8, 4) is 22.9 Å². The van der Waals surface area contributed by atoms with Crippen molar-refractivity contribution in [3.63, 3.8) is 0 Å². The van der Waals surface area contributed by atoms with Crippen molar-refractivity contribution in [1.29, 1.82) is 0 Å². The van der Waals surface area contributed by atoms with Crippen LogP contribution in [0.25, 0.3) is 5.69 Å². The van der Waals surface area contributed by atoms with Crippen LogP contribution < -0.4 is 19.5 Å². The van der Waals surface area contributed by atoms with Gasteiger partial charge in [0, 0.05) is 12.1 Å². The zero-order valence-electron chi connectivity index (χ0n) is 26.7. The second kappa shape index (κ2) is 14.9. The van der Waals surface area contributed by atoms with Gasteiger partial charge in [-0.1, -0.05) is 23.9 Å². The first-order chi connectivity index (χ1) is 23.5. The van der Waals surface area contributed by atoms with Crippen LogP contribution in [0.15, 0.2) is 106 Å². The Balaban J connectivity index is 1.25. The molecule has 5 aromatic rings. The number of nitrogens with one attached hydrogen (secondary N) is 1. The lowest BCUT2D eigenvalue weighted by Gasteiger charge is -2.22. The van der Waals surface area contributed by atoms with Crippen LogP contribution in [0.3, 0.4) is 0 Å². The summed E-state index contributed by atoms with van der Waals surface area (Å²) in [5.41, 5.74) is 3.39. The number of benzene rings is 3. The van der Waals surface area contributed by atoms with Crippen LogP contribution in [0, 0.1) is 0 Å². The summed E-state index contributed by atoms with van der Waals surface area (Å²) < 4.78 is 23.3. The molecule has 0 saturated carbocycles. The molecule has 0 fully saturated rings. The van der Waals surface area contributed by atoms with Gasteiger partial charge in [-0.15, -0.1) is 10.2 Å². The molecule has 3 heterocycles. The van der Waals surface area contributed by atoms with Crippen molar-refractivity contribution in [3.05, 3.63) is 114 Å². The van der Waals surface area contributed by atoms with Gasteiger partial charge in [0.05, 0.1) is 51.1 Å². The Labute approximate surface area is 281 Å². The summed E-state index contributed by atoms with van der Waals surface area (Å²) in [6.07, 6.45) is 1.98. The predicted molar refractivity (Wildman–Crippen MR) is 180 cm³/mol. The second-order valence-electron chi connectivity index (χ2n) is 10.6. The van der Waals surface area contributed by atoms with Crippen molar-refractivity contribution in [1.82, 2.24) is 25.1 Å². The summed E-state index contributed by atoms with van der Waals surface area (Å²) in [6.45, 7) is 2.54. The standard InChI is InChI=1S/C35H34N6O6S/c1-4-46-28-17-11-25(12-18-28)40-32(21-36-34(43)31-6-5-19-47-31)37-38-35(40)48-22-33(42)41-30(24-9-15-27(45-3)16-10-24)20-29(39-41)23-7-13-26(44-2)14-8-23/h5-19,30H,4,20-22H2,1-3H3,(H,36,43)/t30-/m1/s1. The average molecular weight is 667 g/mol. The summed E-state index contributed by atoms with van der Waals surface area (Å²) in [6, 6.07) is 25.7. The highest BCUT2D eigenvalue weighted by molar-refractivity contribution is 7.99. The molecular weight excluding hydrogens is 632 g/mol. The van der Waals surface area contributed by atoms with Crippen LogP contribution in [0.4, 0.5) is 0 Å². The minimum absolute atomic E-state index is 0.0416. The molecule has 2 aromatic heterocycles. The van der Waals surface area contributed by atoms with Gasteiger partial charge in [-0.2, -0.15) is 5.10 Å². The van der Waals surface area contributed by atoms with Gasteiger partial charge < -0.3 is 23.9 Å². The lowest BCUT2D eigenvalue weighted by Crippen LogP contribution is -2.28. The summed E-state index contributed by atoms with van der Waals surface area (Å²) in [4.78, 5) is 26.5. The van der Waals surface area contributed by atoms with Crippen LogP contribution in [-0.2, 0) is 11.3 Å². The fourth-order valence-electron chi connectivity index (χ4n) is 5.26. The topological polar surface area (TPSA) is 133 Å². The van der Waals surface area contributed by atoms with Gasteiger partial charge in [0.25, 0.3) is 11.8 Å². The maximum absolute atomic E-state index is 13.9. The molecule has 0 bridgehead atoms. The van der Waals surface area contributed by atoms with Crippen LogP contribution >= 0.6 is 11.8 Å². The number of hydrogen-bond acceptors (Lipinski definition) is 10. The highest BCUT2D eigenvalue weighted by Crippen LogP contribution is 2.35. The Bertz CT molecular complexity index is 1870. The molecule has 48 heavy (non-hydrogen) atoms. The van der Waals surface area contributed by atoms with Gasteiger partial charge in [0.1, 0.15) is 17.2 Å². The number of aromatic nitrogens is 3. The van der Waals surface area contributed by atoms with Crippen LogP contribution in [0.2, 0.25) is 0 Å². The van der Waals surface area contributed by atoms with Gasteiger partial charge in [-0.05, 0) is 90.8 Å². The highest BCUT2D eigenvalue weighted by atomic mass is 32.2. The van der Waals surface area contributed by atoms with Crippen LogP contribution in [-0.4, -0.2) is 63.9 Å². The van der Waals surface area contributed by atoms with Gasteiger partial charge in [-0.3, -0.25) is 14.2 Å². The molecule has 0 radical (unpaired) electrons. The van der Waals surface area contributed by atoms with E-state index in [-0.39, 0.29) is 35.9 Å². The molecule has 0 aliphatic carbocycles. The lowest BCUT2D eigenvalue weighted by molar-refractivity contribution is -0.130. The maximum atomic E-state index is 13.9. The largest absolute Gasteiger partial charge is 0.497 e. The average Bonchev–Trinajstić information content (AvgIpc) is 3.91. The molecule has 6 rings (SSSR count). The van der Waals surface area contributed by atoms with E-state index in [0.717, 1.165) is 39.8 Å². The monoisotopic (exact) mass is 666 g/mol. The summed E-state index contributed by atoms with van der Waals surface area (Å²) in [7, 11) is 3.24. The number of furan rings is 1. The molecule has 0 unspecified atom stereocenters. The van der Waals surface area contributed by atoms with E-state index < -0.39 is 0 Å². The molecule has 1 atom stereocenters. The number of carbonyl (C=O) groups is 2. The molecule has 246 valence electrons. The zero-order chi connectivity index (χ0) is 33.5. The second-order valence-corrected chi connectivity index (χ2v) is 11.6. The molecule has 2 amide bonds. The first-order valence-corrected chi connectivity index (χ1v) is 16.3. The molecule has 1 aliphatic rings. The highest BCUT2D eigenvalue weighted by Gasteiger charge is 2.33. The predicted octanol–water partition coefficient (Wildman–Crippen LogP) is 5.68. The number of hydrogen-bond donors (Lipinski definition) is 1. The number of nitrogens with zero attached hydrogens (tertiary/aromatic N) is 5. The zero-order valence-corrected chi connectivity index (χ0v) is 27.5. The van der Waals surface area contributed by atoms with Crippen LogP contribution in [0.5, 0.6) is 17.2 Å². The van der Waals surface area contributed by atoms with E-state index >= 15 is 0 Å². The SMILES string of the molecule is CCOc1ccc(-n2c(CNC(=O)c3ccco3)nnc2SCC(=O)N2N=C(c3ccc(OC)cc3)C[C@@H]2c2ccc(OC)cc2)cc1. The number of rotatable bonds is 13. The maximum Gasteiger partial charge on any atom is 0.287 e. The Morgan fingerprint density at radius 2 is 1.60 bits per heavy atom. The molecule has 1 aliphatic heterocycles. The first-order valence-electron chi connectivity index (χ1n) is 15.3. The fourth-order valence-corrected chi connectivity index (χ4v) is 6.08. The number of ether oxygens (including phenoxy) is 3. The summed E-state index contributed by atoms with van der Waals surface area (Å²) >= 11 is 1.24. The van der Waals surface area contributed by atoms with Crippen LogP contribution in [0.1, 0.15) is 46.9 Å². The van der Waals surface area contributed by atoms with E-state index in [4.69, 9.17) is 23.7 Å². The Morgan fingerprint density at radius 1 is 0.917 bits per heavy atom. The molecule has 0 saturated heterocycles. The molecule has 3 aromatic carbocycles. The van der Waals surface area contributed by atoms with E-state index in [9.17, 15) is 9.59 Å². The fraction of sp³-hybridized carbons (Fsp3) is 0.229. The number of amides is 2. The van der Waals surface area contributed by atoms with E-state index in [2.05, 4.69) is 15.5 Å². The van der Waals surface area contributed by atoms with E-state index in [1.807, 2.05) is 84.3 Å². The number of carbonyl (C=O) groups excluding carboxylic acids is 2. The minimum Gasteiger partial charge on any atom is -0.497 e. The van der Waals surface area contributed by atoms with E-state index in [1.54, 1.807) is 31.4 Å². The van der Waals surface area contributed by atoms with Gasteiger partial charge >= 0.3 is 0 Å². The first kappa shape index (κ1) is 32.4. The van der Waals surface area contributed by atoms with Gasteiger partial charge in [-0.25, -0.2) is 5.01 Å². The van der Waals surface area contributed by atoms with Crippen molar-refractivity contribution in [2.45, 2.75) is 31.1 Å². The minimum atomic E-state index is -0.380. The van der Waals surface area contributed by atoms with Gasteiger partial charge in [0.2, 0.25) is 0 Å². The molecular formula is C35H34N6O6S. The molecule has 12 nitrogen and oxygen atoms in total. The van der Waals surface area contributed by atoms with E-state index in [1.165, 1.54) is 18.0 Å².